The van der Waals surface area contributed by atoms with Gasteiger partial charge in [-0.25, -0.2) is 4.98 Å². The molecule has 0 saturated carbocycles. The number of methoxy groups -OCH3 is 2. The van der Waals surface area contributed by atoms with Crippen LogP contribution in [0.5, 0.6) is 11.5 Å². The fraction of sp³-hybridized carbons (Fsp3) is 0.160. The van der Waals surface area contributed by atoms with Crippen molar-refractivity contribution in [2.75, 3.05) is 19.1 Å². The molecule has 0 saturated heterocycles. The van der Waals surface area contributed by atoms with Crippen molar-refractivity contribution in [3.63, 3.8) is 0 Å². The third kappa shape index (κ3) is 3.38. The van der Waals surface area contributed by atoms with E-state index < -0.39 is 11.9 Å². The third-order valence-corrected chi connectivity index (χ3v) is 6.20. The normalized spacial score (nSPS) is 15.1. The number of carbonyl (C=O) groups is 1. The Morgan fingerprint density at radius 2 is 1.79 bits per heavy atom. The van der Waals surface area contributed by atoms with Crippen LogP contribution in [0, 0.1) is 6.92 Å². The zero-order valence-electron chi connectivity index (χ0n) is 18.1. The molecule has 0 fully saturated rings. The molecular formula is C25H19BrN2O5. The van der Waals surface area contributed by atoms with Crippen LogP contribution in [-0.2, 0) is 0 Å². The minimum absolute atomic E-state index is 0.0120. The molecule has 0 radical (unpaired) electrons. The van der Waals surface area contributed by atoms with Gasteiger partial charge in [-0.05, 0) is 60.5 Å². The van der Waals surface area contributed by atoms with E-state index in [2.05, 4.69) is 20.9 Å². The molecule has 8 heteroatoms. The predicted molar refractivity (Wildman–Crippen MR) is 127 cm³/mol. The first-order valence-corrected chi connectivity index (χ1v) is 11.0. The quantitative estimate of drug-likeness (QED) is 0.386. The Kier molecular flexibility index (Phi) is 5.17. The van der Waals surface area contributed by atoms with Crippen molar-refractivity contribution < 1.29 is 18.7 Å². The van der Waals surface area contributed by atoms with E-state index in [9.17, 15) is 9.59 Å². The van der Waals surface area contributed by atoms with Crippen molar-refractivity contribution >= 4 is 38.6 Å². The zero-order chi connectivity index (χ0) is 23.3. The first-order chi connectivity index (χ1) is 15.9. The second-order valence-corrected chi connectivity index (χ2v) is 8.61. The highest BCUT2D eigenvalue weighted by molar-refractivity contribution is 9.10. The standard InChI is InChI=1S/C25H19BrN2O5/c1-13-8-9-27-20(10-13)28-22(14-4-6-18(31-2)19(11-14)32-3)21-23(29)16-12-15(26)5-7-17(16)33-24(21)25(28)30/h4-12,22H,1-3H3. The van der Waals surface area contributed by atoms with Crippen LogP contribution in [0.3, 0.4) is 0 Å². The SMILES string of the molecule is COc1ccc(C2c3c(oc4ccc(Br)cc4c3=O)C(=O)N2c2cc(C)ccn2)cc1OC. The second-order valence-electron chi connectivity index (χ2n) is 7.70. The Balaban J connectivity index is 1.82. The van der Waals surface area contributed by atoms with Gasteiger partial charge >= 0.3 is 0 Å². The number of nitrogens with zero attached hydrogens (tertiary/aromatic N) is 2. The van der Waals surface area contributed by atoms with Gasteiger partial charge in [0.1, 0.15) is 11.4 Å². The van der Waals surface area contributed by atoms with Crippen LogP contribution in [-0.4, -0.2) is 25.1 Å². The smallest absolute Gasteiger partial charge is 0.296 e. The summed E-state index contributed by atoms with van der Waals surface area (Å²) in [4.78, 5) is 33.2. The highest BCUT2D eigenvalue weighted by Crippen LogP contribution is 2.42. The summed E-state index contributed by atoms with van der Waals surface area (Å²) in [7, 11) is 3.09. The summed E-state index contributed by atoms with van der Waals surface area (Å²) in [6, 6.07) is 13.4. The van der Waals surface area contributed by atoms with Gasteiger partial charge in [-0.1, -0.05) is 22.0 Å². The fourth-order valence-corrected chi connectivity index (χ4v) is 4.53. The number of benzene rings is 2. The Morgan fingerprint density at radius 1 is 1.00 bits per heavy atom. The van der Waals surface area contributed by atoms with Crippen molar-refractivity contribution in [1.82, 2.24) is 4.98 Å². The molecule has 166 valence electrons. The first-order valence-electron chi connectivity index (χ1n) is 10.2. The molecule has 5 rings (SSSR count). The lowest BCUT2D eigenvalue weighted by Gasteiger charge is -2.25. The third-order valence-electron chi connectivity index (χ3n) is 5.70. The summed E-state index contributed by atoms with van der Waals surface area (Å²) >= 11 is 3.41. The molecule has 1 aliphatic rings. The number of fused-ring (bicyclic) bond motifs is 2. The van der Waals surface area contributed by atoms with Crippen LogP contribution in [0.1, 0.15) is 33.3 Å². The number of ether oxygens (including phenoxy) is 2. The number of hydrogen-bond acceptors (Lipinski definition) is 6. The number of aryl methyl sites for hydroxylation is 1. The van der Waals surface area contributed by atoms with E-state index in [4.69, 9.17) is 13.9 Å². The topological polar surface area (TPSA) is 81.9 Å². The fourth-order valence-electron chi connectivity index (χ4n) is 4.17. The van der Waals surface area contributed by atoms with E-state index >= 15 is 0 Å². The first kappa shape index (κ1) is 21.2. The molecule has 1 amide bonds. The lowest BCUT2D eigenvalue weighted by atomic mass is 9.98. The maximum Gasteiger partial charge on any atom is 0.296 e. The van der Waals surface area contributed by atoms with E-state index in [0.29, 0.717) is 33.8 Å². The zero-order valence-corrected chi connectivity index (χ0v) is 19.7. The number of rotatable bonds is 4. The van der Waals surface area contributed by atoms with Crippen molar-refractivity contribution in [3.05, 3.63) is 91.9 Å². The second kappa shape index (κ2) is 8.04. The van der Waals surface area contributed by atoms with Gasteiger partial charge in [0.05, 0.1) is 31.2 Å². The molecule has 1 aliphatic heterocycles. The van der Waals surface area contributed by atoms with Crippen molar-refractivity contribution in [2.24, 2.45) is 0 Å². The summed E-state index contributed by atoms with van der Waals surface area (Å²) in [5.41, 5.74) is 1.95. The molecule has 3 heterocycles. The number of hydrogen-bond donors (Lipinski definition) is 0. The molecule has 0 aliphatic carbocycles. The highest BCUT2D eigenvalue weighted by atomic mass is 79.9. The Bertz CT molecular complexity index is 1480. The lowest BCUT2D eigenvalue weighted by Crippen LogP contribution is -2.30. The predicted octanol–water partition coefficient (Wildman–Crippen LogP) is 5.03. The van der Waals surface area contributed by atoms with Crippen LogP contribution in [0.15, 0.2) is 68.4 Å². The molecule has 33 heavy (non-hydrogen) atoms. The van der Waals surface area contributed by atoms with Gasteiger partial charge in [0, 0.05) is 10.7 Å². The number of anilines is 1. The molecule has 0 N–H and O–H groups in total. The number of carbonyl (C=O) groups excluding carboxylic acids is 1. The largest absolute Gasteiger partial charge is 0.493 e. The van der Waals surface area contributed by atoms with E-state index in [1.807, 2.05) is 19.1 Å². The molecule has 1 atom stereocenters. The van der Waals surface area contributed by atoms with Crippen LogP contribution < -0.4 is 19.8 Å². The summed E-state index contributed by atoms with van der Waals surface area (Å²) in [5, 5.41) is 0.389. The lowest BCUT2D eigenvalue weighted by molar-refractivity contribution is 0.0970. The molecule has 2 aromatic heterocycles. The molecule has 2 aromatic carbocycles. The van der Waals surface area contributed by atoms with Crippen molar-refractivity contribution in [2.45, 2.75) is 13.0 Å². The van der Waals surface area contributed by atoms with E-state index in [1.165, 1.54) is 12.0 Å². The minimum Gasteiger partial charge on any atom is -0.493 e. The molecule has 0 spiro atoms. The Hall–Kier alpha value is -3.65. The van der Waals surface area contributed by atoms with Gasteiger partial charge in [-0.3, -0.25) is 14.5 Å². The molecule has 4 aromatic rings. The monoisotopic (exact) mass is 506 g/mol. The Morgan fingerprint density at radius 3 is 2.52 bits per heavy atom. The summed E-state index contributed by atoms with van der Waals surface area (Å²) < 4.78 is 17.6. The summed E-state index contributed by atoms with van der Waals surface area (Å²) in [5.74, 6) is 1.04. The van der Waals surface area contributed by atoms with Crippen molar-refractivity contribution in [3.8, 4) is 11.5 Å². The van der Waals surface area contributed by atoms with Gasteiger partial charge in [0.2, 0.25) is 5.76 Å². The van der Waals surface area contributed by atoms with Crippen LogP contribution in [0.4, 0.5) is 5.82 Å². The summed E-state index contributed by atoms with van der Waals surface area (Å²) in [6.07, 6.45) is 1.63. The van der Waals surface area contributed by atoms with E-state index in [0.717, 1.165) is 10.0 Å². The van der Waals surface area contributed by atoms with Gasteiger partial charge in [0.15, 0.2) is 16.9 Å². The van der Waals surface area contributed by atoms with Crippen LogP contribution >= 0.6 is 15.9 Å². The average Bonchev–Trinajstić information content (AvgIpc) is 3.11. The highest BCUT2D eigenvalue weighted by Gasteiger charge is 2.44. The van der Waals surface area contributed by atoms with E-state index in [-0.39, 0.29) is 16.8 Å². The maximum atomic E-state index is 13.7. The van der Waals surface area contributed by atoms with Gasteiger partial charge in [-0.2, -0.15) is 0 Å². The van der Waals surface area contributed by atoms with Gasteiger partial charge in [0.25, 0.3) is 5.91 Å². The van der Waals surface area contributed by atoms with Crippen LogP contribution in [0.25, 0.3) is 11.0 Å². The van der Waals surface area contributed by atoms with Gasteiger partial charge < -0.3 is 13.9 Å². The maximum absolute atomic E-state index is 13.7. The molecule has 1 unspecified atom stereocenters. The number of aromatic nitrogens is 1. The molecule has 7 nitrogen and oxygen atoms in total. The Labute approximate surface area is 197 Å². The van der Waals surface area contributed by atoms with E-state index in [1.54, 1.807) is 49.7 Å². The summed E-state index contributed by atoms with van der Waals surface area (Å²) in [6.45, 7) is 1.92. The number of halogens is 1. The minimum atomic E-state index is -0.749. The molecular weight excluding hydrogens is 488 g/mol. The van der Waals surface area contributed by atoms with Crippen molar-refractivity contribution in [1.29, 1.82) is 0 Å². The molecule has 0 bridgehead atoms. The number of amides is 1. The van der Waals surface area contributed by atoms with Gasteiger partial charge in [-0.15, -0.1) is 0 Å². The van der Waals surface area contributed by atoms with Crippen LogP contribution in [0.2, 0.25) is 0 Å². The number of pyridine rings is 1. The average molecular weight is 507 g/mol.